The highest BCUT2D eigenvalue weighted by molar-refractivity contribution is 5.26. The average molecular weight is 427 g/mol. The first-order chi connectivity index (χ1) is 14.7. The van der Waals surface area contributed by atoms with Crippen molar-refractivity contribution < 1.29 is 4.74 Å². The number of fused-ring (bicyclic) bond motifs is 4. The van der Waals surface area contributed by atoms with E-state index in [1.54, 1.807) is 0 Å². The lowest BCUT2D eigenvalue weighted by atomic mass is 9.45. The molecule has 0 bridgehead atoms. The van der Waals surface area contributed by atoms with Gasteiger partial charge in [-0.3, -0.25) is 0 Å². The van der Waals surface area contributed by atoms with Crippen LogP contribution in [0.25, 0.3) is 0 Å². The van der Waals surface area contributed by atoms with Gasteiger partial charge in [0.25, 0.3) is 0 Å². The van der Waals surface area contributed by atoms with Crippen LogP contribution in [-0.2, 0) is 4.74 Å². The standard InChI is InChI=1S/C30H50O/c1-8-21(19(2)3)10-9-20(4)24-11-12-25-23-17-27(31-7)30-18-22(30)13-16-29(30,6)26(23)14-15-28(24,25)5/h9-10,19-27H,8,11-18H2,1-7H3/t20-,21-,22+,23+,24-,25+,26+,27-,28-,29-,30+/m1/s1. The van der Waals surface area contributed by atoms with Gasteiger partial charge in [-0.25, -0.2) is 0 Å². The lowest BCUT2D eigenvalue weighted by Crippen LogP contribution is -2.57. The van der Waals surface area contributed by atoms with E-state index in [1.807, 2.05) is 7.11 Å². The maximum Gasteiger partial charge on any atom is 0.0638 e. The van der Waals surface area contributed by atoms with E-state index in [4.69, 9.17) is 4.74 Å². The lowest BCUT2D eigenvalue weighted by Gasteiger charge is -2.61. The molecule has 0 amide bonds. The number of hydrogen-bond donors (Lipinski definition) is 0. The van der Waals surface area contributed by atoms with Crippen molar-refractivity contribution >= 4 is 0 Å². The van der Waals surface area contributed by atoms with Crippen LogP contribution in [0.2, 0.25) is 0 Å². The second-order valence-corrected chi connectivity index (χ2v) is 13.5. The summed E-state index contributed by atoms with van der Waals surface area (Å²) in [7, 11) is 2.03. The minimum atomic E-state index is 0.543. The highest BCUT2D eigenvalue weighted by Gasteiger charge is 2.77. The van der Waals surface area contributed by atoms with Crippen molar-refractivity contribution in [2.24, 2.45) is 63.6 Å². The van der Waals surface area contributed by atoms with Gasteiger partial charge in [-0.1, -0.05) is 53.7 Å². The van der Waals surface area contributed by atoms with Crippen LogP contribution in [0.15, 0.2) is 12.2 Å². The summed E-state index contributed by atoms with van der Waals surface area (Å²) in [6.45, 7) is 15.1. The maximum atomic E-state index is 6.31. The third-order valence-electron chi connectivity index (χ3n) is 12.5. The van der Waals surface area contributed by atoms with Crippen LogP contribution in [-0.4, -0.2) is 13.2 Å². The average Bonchev–Trinajstić information content (AvgIpc) is 3.24. The Labute approximate surface area is 193 Å². The van der Waals surface area contributed by atoms with Crippen LogP contribution < -0.4 is 0 Å². The molecule has 0 aliphatic heterocycles. The van der Waals surface area contributed by atoms with Gasteiger partial charge < -0.3 is 4.74 Å². The van der Waals surface area contributed by atoms with Gasteiger partial charge in [0.05, 0.1) is 6.10 Å². The smallest absolute Gasteiger partial charge is 0.0638 e. The van der Waals surface area contributed by atoms with Gasteiger partial charge in [-0.2, -0.15) is 0 Å². The largest absolute Gasteiger partial charge is 0.381 e. The van der Waals surface area contributed by atoms with E-state index in [0.29, 0.717) is 22.3 Å². The number of ether oxygens (including phenoxy) is 1. The molecule has 0 aromatic rings. The van der Waals surface area contributed by atoms with Gasteiger partial charge in [-0.15, -0.1) is 0 Å². The molecule has 0 N–H and O–H groups in total. The Morgan fingerprint density at radius 3 is 2.39 bits per heavy atom. The highest BCUT2D eigenvalue weighted by atomic mass is 16.5. The van der Waals surface area contributed by atoms with Gasteiger partial charge in [-0.05, 0) is 116 Å². The summed E-state index contributed by atoms with van der Waals surface area (Å²) in [5, 5.41) is 0. The van der Waals surface area contributed by atoms with Crippen molar-refractivity contribution in [2.75, 3.05) is 7.11 Å². The number of allylic oxidation sites excluding steroid dienone is 2. The molecule has 0 aromatic carbocycles. The molecule has 0 radical (unpaired) electrons. The minimum absolute atomic E-state index is 0.543. The van der Waals surface area contributed by atoms with Crippen molar-refractivity contribution in [1.82, 2.24) is 0 Å². The van der Waals surface area contributed by atoms with Gasteiger partial charge in [0.2, 0.25) is 0 Å². The zero-order valence-electron chi connectivity index (χ0n) is 21.6. The van der Waals surface area contributed by atoms with Crippen LogP contribution in [0.3, 0.4) is 0 Å². The fourth-order valence-electron chi connectivity index (χ4n) is 10.8. The Hall–Kier alpha value is -0.300. The number of rotatable bonds is 6. The minimum Gasteiger partial charge on any atom is -0.381 e. The number of methoxy groups -OCH3 is 1. The summed E-state index contributed by atoms with van der Waals surface area (Å²) in [4.78, 5) is 0. The van der Waals surface area contributed by atoms with Crippen LogP contribution in [0, 0.1) is 63.6 Å². The second-order valence-electron chi connectivity index (χ2n) is 13.5. The SMILES string of the molecule is CC[C@H](C=C[C@@H](C)[C@H]1CC[C@H]2[C@@H]3C[C@@H](OC)[C@]45C[C@@H]4CC[C@]5(C)[C@H]3CC[C@]12C)C(C)C. The zero-order valence-corrected chi connectivity index (χ0v) is 21.6. The van der Waals surface area contributed by atoms with Crippen LogP contribution in [0.1, 0.15) is 99.3 Å². The molecule has 1 heteroatoms. The molecular weight excluding hydrogens is 376 g/mol. The second kappa shape index (κ2) is 7.61. The maximum absolute atomic E-state index is 6.31. The lowest BCUT2D eigenvalue weighted by molar-refractivity contribution is -0.160. The van der Waals surface area contributed by atoms with Crippen molar-refractivity contribution in [3.05, 3.63) is 12.2 Å². The Kier molecular flexibility index (Phi) is 5.52. The van der Waals surface area contributed by atoms with E-state index in [2.05, 4.69) is 53.7 Å². The fourth-order valence-corrected chi connectivity index (χ4v) is 10.8. The molecule has 0 heterocycles. The van der Waals surface area contributed by atoms with Gasteiger partial charge >= 0.3 is 0 Å². The van der Waals surface area contributed by atoms with Crippen molar-refractivity contribution in [1.29, 1.82) is 0 Å². The van der Waals surface area contributed by atoms with E-state index < -0.39 is 0 Å². The molecule has 31 heavy (non-hydrogen) atoms. The van der Waals surface area contributed by atoms with Gasteiger partial charge in [0.15, 0.2) is 0 Å². The van der Waals surface area contributed by atoms with Gasteiger partial charge in [0, 0.05) is 12.5 Å². The molecule has 0 saturated heterocycles. The molecule has 5 rings (SSSR count). The molecular formula is C30H50O. The first-order valence-corrected chi connectivity index (χ1v) is 13.9. The molecule has 11 atom stereocenters. The first-order valence-electron chi connectivity index (χ1n) is 13.9. The van der Waals surface area contributed by atoms with Crippen molar-refractivity contribution in [3.8, 4) is 0 Å². The summed E-state index contributed by atoms with van der Waals surface area (Å²) in [5.41, 5.74) is 1.68. The monoisotopic (exact) mass is 426 g/mol. The fraction of sp³-hybridized carbons (Fsp3) is 0.933. The third-order valence-corrected chi connectivity index (χ3v) is 12.5. The van der Waals surface area contributed by atoms with Crippen LogP contribution in [0.5, 0.6) is 0 Å². The molecule has 176 valence electrons. The molecule has 0 aromatic heterocycles. The topological polar surface area (TPSA) is 9.23 Å². The predicted molar refractivity (Wildman–Crippen MR) is 131 cm³/mol. The van der Waals surface area contributed by atoms with E-state index in [9.17, 15) is 0 Å². The quantitative estimate of drug-likeness (QED) is 0.389. The molecule has 5 aliphatic carbocycles. The van der Waals surface area contributed by atoms with E-state index in [-0.39, 0.29) is 0 Å². The van der Waals surface area contributed by atoms with E-state index in [0.717, 1.165) is 47.3 Å². The van der Waals surface area contributed by atoms with Crippen LogP contribution in [0.4, 0.5) is 0 Å². The highest BCUT2D eigenvalue weighted by Crippen LogP contribution is 2.82. The zero-order chi connectivity index (χ0) is 22.2. The van der Waals surface area contributed by atoms with E-state index in [1.165, 1.54) is 57.8 Å². The van der Waals surface area contributed by atoms with Gasteiger partial charge in [0.1, 0.15) is 0 Å². The summed E-state index contributed by atoms with van der Waals surface area (Å²) < 4.78 is 6.31. The predicted octanol–water partition coefficient (Wildman–Crippen LogP) is 8.14. The summed E-state index contributed by atoms with van der Waals surface area (Å²) in [5.74, 6) is 6.92. The van der Waals surface area contributed by atoms with Crippen molar-refractivity contribution in [3.63, 3.8) is 0 Å². The van der Waals surface area contributed by atoms with E-state index >= 15 is 0 Å². The summed E-state index contributed by atoms with van der Waals surface area (Å²) in [6.07, 6.45) is 18.7. The summed E-state index contributed by atoms with van der Waals surface area (Å²) in [6, 6.07) is 0. The molecule has 5 fully saturated rings. The molecule has 1 nitrogen and oxygen atoms in total. The molecule has 5 saturated carbocycles. The molecule has 0 unspecified atom stereocenters. The molecule has 5 aliphatic rings. The van der Waals surface area contributed by atoms with Crippen molar-refractivity contribution in [2.45, 2.75) is 105 Å². The van der Waals surface area contributed by atoms with Crippen LogP contribution >= 0.6 is 0 Å². The molecule has 1 spiro atoms. The first kappa shape index (κ1) is 22.5. The third kappa shape index (κ3) is 2.96. The Balaban J connectivity index is 1.37. The Bertz CT molecular complexity index is 709. The Morgan fingerprint density at radius 2 is 1.74 bits per heavy atom. The Morgan fingerprint density at radius 1 is 0.968 bits per heavy atom. The summed E-state index contributed by atoms with van der Waals surface area (Å²) >= 11 is 0. The normalized spacial score (nSPS) is 52.5. The number of hydrogen-bond acceptors (Lipinski definition) is 1.